The fraction of sp³-hybridized carbons (Fsp3) is 0.185. The molecule has 10 heteroatoms. The Balaban J connectivity index is 1.80. The van der Waals surface area contributed by atoms with Crippen LogP contribution in [0, 0.1) is 10.1 Å². The van der Waals surface area contributed by atoms with E-state index in [0.717, 1.165) is 10.0 Å². The first kappa shape index (κ1) is 25.9. The van der Waals surface area contributed by atoms with Crippen LogP contribution in [-0.4, -0.2) is 47.4 Å². The molecule has 9 nitrogen and oxygen atoms in total. The third kappa shape index (κ3) is 5.05. The number of carbonyl (C=O) groups is 2. The number of benzene rings is 3. The zero-order valence-electron chi connectivity index (χ0n) is 20.0. The maximum atomic E-state index is 13.2. The highest BCUT2D eigenvalue weighted by Gasteiger charge is 2.47. The predicted octanol–water partition coefficient (Wildman–Crippen LogP) is 5.04. The maximum absolute atomic E-state index is 13.2. The van der Waals surface area contributed by atoms with E-state index in [1.807, 2.05) is 0 Å². The van der Waals surface area contributed by atoms with Crippen LogP contribution in [0.3, 0.4) is 0 Å². The number of carbonyl (C=O) groups excluding carboxylic acids is 2. The summed E-state index contributed by atoms with van der Waals surface area (Å²) in [5, 5.41) is 23.0. The fourth-order valence-corrected chi connectivity index (χ4v) is 4.63. The molecule has 1 aliphatic rings. The summed E-state index contributed by atoms with van der Waals surface area (Å²) in [5.41, 5.74) is 0.789. The summed E-state index contributed by atoms with van der Waals surface area (Å²) in [6.45, 7) is 0.0634. The first-order valence-electron chi connectivity index (χ1n) is 11.3. The van der Waals surface area contributed by atoms with Crippen molar-refractivity contribution in [1.29, 1.82) is 0 Å². The molecule has 0 saturated carbocycles. The van der Waals surface area contributed by atoms with E-state index < -0.39 is 28.4 Å². The normalized spacial score (nSPS) is 16.6. The van der Waals surface area contributed by atoms with Gasteiger partial charge in [-0.2, -0.15) is 0 Å². The van der Waals surface area contributed by atoms with E-state index in [0.29, 0.717) is 23.5 Å². The minimum atomic E-state index is -1.15. The number of likely N-dealkylation sites (tertiary alicyclic amines) is 1. The summed E-state index contributed by atoms with van der Waals surface area (Å²) in [7, 11) is 3.03. The van der Waals surface area contributed by atoms with Crippen molar-refractivity contribution in [2.45, 2.75) is 12.5 Å². The molecular weight excluding hydrogens is 544 g/mol. The Labute approximate surface area is 221 Å². The molecule has 0 spiro atoms. The Morgan fingerprint density at radius 2 is 1.70 bits per heavy atom. The van der Waals surface area contributed by atoms with E-state index in [2.05, 4.69) is 15.9 Å². The van der Waals surface area contributed by atoms with Crippen molar-refractivity contribution in [1.82, 2.24) is 4.90 Å². The Hall–Kier alpha value is -4.18. The van der Waals surface area contributed by atoms with Gasteiger partial charge < -0.3 is 19.5 Å². The van der Waals surface area contributed by atoms with Gasteiger partial charge in [-0.15, -0.1) is 0 Å². The number of nitrogens with zero attached hydrogens (tertiary/aromatic N) is 2. The number of amides is 1. The fourth-order valence-electron chi connectivity index (χ4n) is 4.37. The molecule has 1 amide bonds. The molecule has 1 fully saturated rings. The third-order valence-electron chi connectivity index (χ3n) is 6.17. The van der Waals surface area contributed by atoms with Crippen molar-refractivity contribution in [3.05, 3.63) is 104 Å². The number of para-hydroxylation sites is 1. The molecule has 1 heterocycles. The average Bonchev–Trinajstić information content (AvgIpc) is 3.16. The van der Waals surface area contributed by atoms with Crippen molar-refractivity contribution in [2.75, 3.05) is 20.8 Å². The predicted molar refractivity (Wildman–Crippen MR) is 139 cm³/mol. The minimum Gasteiger partial charge on any atom is -0.507 e. The number of rotatable bonds is 8. The lowest BCUT2D eigenvalue weighted by Crippen LogP contribution is -2.32. The molecule has 1 saturated heterocycles. The second-order valence-electron chi connectivity index (χ2n) is 8.25. The Bertz CT molecular complexity index is 1400. The third-order valence-corrected chi connectivity index (χ3v) is 6.70. The van der Waals surface area contributed by atoms with Gasteiger partial charge in [0.05, 0.1) is 36.3 Å². The van der Waals surface area contributed by atoms with Crippen LogP contribution >= 0.6 is 15.9 Å². The summed E-state index contributed by atoms with van der Waals surface area (Å²) in [6.07, 6.45) is 0.322. The Morgan fingerprint density at radius 1 is 1.03 bits per heavy atom. The number of nitro groups is 1. The van der Waals surface area contributed by atoms with Gasteiger partial charge in [-0.3, -0.25) is 19.7 Å². The van der Waals surface area contributed by atoms with Gasteiger partial charge in [0.15, 0.2) is 11.5 Å². The molecule has 0 radical (unpaired) electrons. The second kappa shape index (κ2) is 10.8. The van der Waals surface area contributed by atoms with Gasteiger partial charge >= 0.3 is 0 Å². The van der Waals surface area contributed by atoms with Crippen LogP contribution < -0.4 is 9.47 Å². The van der Waals surface area contributed by atoms with Gasteiger partial charge in [0.1, 0.15) is 5.76 Å². The van der Waals surface area contributed by atoms with Crippen LogP contribution in [0.5, 0.6) is 11.5 Å². The van der Waals surface area contributed by atoms with Gasteiger partial charge in [0.2, 0.25) is 0 Å². The van der Waals surface area contributed by atoms with Crippen LogP contribution in [0.1, 0.15) is 22.7 Å². The quantitative estimate of drug-likeness (QED) is 0.133. The molecule has 0 unspecified atom stereocenters. The number of nitro benzene ring substituents is 1. The zero-order valence-corrected chi connectivity index (χ0v) is 21.6. The Morgan fingerprint density at radius 3 is 2.35 bits per heavy atom. The van der Waals surface area contributed by atoms with Gasteiger partial charge in [-0.25, -0.2) is 0 Å². The summed E-state index contributed by atoms with van der Waals surface area (Å²) >= 11 is 3.33. The van der Waals surface area contributed by atoms with Crippen LogP contribution in [0.25, 0.3) is 5.76 Å². The number of aliphatic hydroxyl groups excluding tert-OH is 1. The lowest BCUT2D eigenvalue weighted by Gasteiger charge is -2.25. The molecule has 0 bridgehead atoms. The molecule has 37 heavy (non-hydrogen) atoms. The number of halogens is 1. The van der Waals surface area contributed by atoms with E-state index >= 15 is 0 Å². The van der Waals surface area contributed by atoms with Crippen LogP contribution in [0.15, 0.2) is 76.8 Å². The number of ketones is 1. The summed E-state index contributed by atoms with van der Waals surface area (Å²) in [5.74, 6) is -1.10. The van der Waals surface area contributed by atoms with Crippen molar-refractivity contribution in [2.24, 2.45) is 0 Å². The average molecular weight is 567 g/mol. The van der Waals surface area contributed by atoms with Crippen molar-refractivity contribution >= 4 is 39.1 Å². The highest BCUT2D eigenvalue weighted by molar-refractivity contribution is 9.10. The molecule has 3 aromatic rings. The van der Waals surface area contributed by atoms with Crippen molar-refractivity contribution < 1.29 is 29.1 Å². The summed E-state index contributed by atoms with van der Waals surface area (Å²) < 4.78 is 11.4. The maximum Gasteiger partial charge on any atom is 0.295 e. The Kier molecular flexibility index (Phi) is 7.58. The lowest BCUT2D eigenvalue weighted by molar-refractivity contribution is -0.385. The smallest absolute Gasteiger partial charge is 0.295 e. The minimum absolute atomic E-state index is 0.0634. The number of hydrogen-bond acceptors (Lipinski definition) is 7. The zero-order chi connectivity index (χ0) is 26.7. The van der Waals surface area contributed by atoms with Crippen LogP contribution in [-0.2, 0) is 16.0 Å². The molecule has 190 valence electrons. The highest BCUT2D eigenvalue weighted by atomic mass is 79.9. The monoisotopic (exact) mass is 566 g/mol. The van der Waals surface area contributed by atoms with Gasteiger partial charge in [0.25, 0.3) is 17.4 Å². The molecule has 1 aliphatic heterocycles. The van der Waals surface area contributed by atoms with Gasteiger partial charge in [-0.05, 0) is 42.3 Å². The highest BCUT2D eigenvalue weighted by Crippen LogP contribution is 2.42. The number of aliphatic hydroxyl groups is 1. The number of ether oxygens (including phenoxy) is 2. The summed E-state index contributed by atoms with van der Waals surface area (Å²) in [4.78, 5) is 39.0. The first-order chi connectivity index (χ1) is 17.8. The van der Waals surface area contributed by atoms with Crippen LogP contribution in [0.4, 0.5) is 5.69 Å². The first-order valence-corrected chi connectivity index (χ1v) is 12.0. The lowest BCUT2D eigenvalue weighted by atomic mass is 9.94. The van der Waals surface area contributed by atoms with E-state index in [4.69, 9.17) is 9.47 Å². The standard InChI is InChI=1S/C27H23BrN2O7/c1-36-21-12-7-16(15-22(21)37-2)13-14-29-24(19-5-3-4-6-20(19)30(34)35)23(26(32)27(29)33)25(31)17-8-10-18(28)11-9-17/h3-12,15,24,31H,13-14H2,1-2H3/t24-/m0/s1. The molecule has 1 N–H and O–H groups in total. The van der Waals surface area contributed by atoms with E-state index in [9.17, 15) is 24.8 Å². The molecule has 0 aromatic heterocycles. The number of hydrogen-bond donors (Lipinski definition) is 1. The second-order valence-corrected chi connectivity index (χ2v) is 9.17. The molecular formula is C27H23BrN2O7. The molecule has 4 rings (SSSR count). The van der Waals surface area contributed by atoms with E-state index in [-0.39, 0.29) is 23.4 Å². The number of methoxy groups -OCH3 is 2. The SMILES string of the molecule is COc1ccc(CCN2C(=O)C(=O)C(=C(O)c3ccc(Br)cc3)[C@@H]2c2ccccc2[N+](=O)[O-])cc1OC. The topological polar surface area (TPSA) is 119 Å². The van der Waals surface area contributed by atoms with Gasteiger partial charge in [-0.1, -0.05) is 46.3 Å². The molecule has 3 aromatic carbocycles. The van der Waals surface area contributed by atoms with E-state index in [1.54, 1.807) is 48.5 Å². The summed E-state index contributed by atoms with van der Waals surface area (Å²) in [6, 6.07) is 16.6. The van der Waals surface area contributed by atoms with Crippen molar-refractivity contribution in [3.8, 4) is 11.5 Å². The molecule has 0 aliphatic carbocycles. The largest absolute Gasteiger partial charge is 0.507 e. The van der Waals surface area contributed by atoms with Crippen molar-refractivity contribution in [3.63, 3.8) is 0 Å². The van der Waals surface area contributed by atoms with E-state index in [1.165, 1.54) is 37.3 Å². The number of Topliss-reactive ketones (excluding diaryl/α,β-unsaturated/α-hetero) is 1. The molecule has 1 atom stereocenters. The van der Waals surface area contributed by atoms with Gasteiger partial charge in [0, 0.05) is 22.6 Å². The van der Waals surface area contributed by atoms with Crippen LogP contribution in [0.2, 0.25) is 0 Å².